The van der Waals surface area contributed by atoms with Crippen molar-refractivity contribution in [3.8, 4) is 16.3 Å². The maximum atomic E-state index is 8.72. The van der Waals surface area contributed by atoms with E-state index in [9.17, 15) is 0 Å². The molecule has 0 spiro atoms. The first-order chi connectivity index (χ1) is 7.81. The van der Waals surface area contributed by atoms with E-state index in [1.165, 1.54) is 0 Å². The van der Waals surface area contributed by atoms with Gasteiger partial charge in [0.05, 0.1) is 12.2 Å². The second-order valence-electron chi connectivity index (χ2n) is 2.91. The highest BCUT2D eigenvalue weighted by Gasteiger charge is 2.10. The molecule has 2 heterocycles. The van der Waals surface area contributed by atoms with Crippen LogP contribution < -0.4 is 4.74 Å². The molecular weight excluding hydrogens is 248 g/mol. The number of halogens is 1. The highest BCUT2D eigenvalue weighted by atomic mass is 35.5. The number of nitrogens with zero attached hydrogens (tertiary/aromatic N) is 2. The molecule has 0 aliphatic heterocycles. The van der Waals surface area contributed by atoms with Crippen molar-refractivity contribution in [3.63, 3.8) is 0 Å². The predicted octanol–water partition coefficient (Wildman–Crippen LogP) is 2.23. The Kier molecular flexibility index (Phi) is 3.71. The summed E-state index contributed by atoms with van der Waals surface area (Å²) in [6, 6.07) is 3.88. The lowest BCUT2D eigenvalue weighted by Crippen LogP contribution is -2.04. The molecule has 2 aromatic rings. The second-order valence-corrected chi connectivity index (χ2v) is 4.19. The summed E-state index contributed by atoms with van der Waals surface area (Å²) < 4.78 is 5.31. The zero-order chi connectivity index (χ0) is 11.4. The maximum absolute atomic E-state index is 8.72. The van der Waals surface area contributed by atoms with Crippen molar-refractivity contribution in [2.24, 2.45) is 0 Å². The van der Waals surface area contributed by atoms with Gasteiger partial charge in [0.2, 0.25) is 11.2 Å². The Balaban J connectivity index is 2.36. The van der Waals surface area contributed by atoms with Crippen LogP contribution in [0.1, 0.15) is 0 Å². The van der Waals surface area contributed by atoms with Gasteiger partial charge in [-0.2, -0.15) is 4.98 Å². The summed E-state index contributed by atoms with van der Waals surface area (Å²) in [6.45, 7) is 0.122. The van der Waals surface area contributed by atoms with Gasteiger partial charge in [0, 0.05) is 11.1 Å². The molecule has 16 heavy (non-hydrogen) atoms. The third-order valence-corrected chi connectivity index (χ3v) is 2.93. The normalized spacial score (nSPS) is 10.4. The topological polar surface area (TPSA) is 55.2 Å². The maximum Gasteiger partial charge on any atom is 0.226 e. The Morgan fingerprint density at radius 2 is 2.38 bits per heavy atom. The van der Waals surface area contributed by atoms with Crippen LogP contribution in [0.15, 0.2) is 23.7 Å². The molecule has 0 saturated carbocycles. The molecule has 2 rings (SSSR count). The Morgan fingerprint density at radius 1 is 1.50 bits per heavy atom. The molecular formula is C10H9ClN2O2S. The molecule has 1 N–H and O–H groups in total. The van der Waals surface area contributed by atoms with Gasteiger partial charge in [0.1, 0.15) is 6.61 Å². The SMILES string of the molecule is OCCOc1nc(Cl)ncc1-c1cccs1. The van der Waals surface area contributed by atoms with Crippen molar-refractivity contribution in [2.75, 3.05) is 13.2 Å². The van der Waals surface area contributed by atoms with Crippen molar-refractivity contribution >= 4 is 22.9 Å². The van der Waals surface area contributed by atoms with Gasteiger partial charge in [0.15, 0.2) is 0 Å². The smallest absolute Gasteiger partial charge is 0.226 e. The van der Waals surface area contributed by atoms with Crippen molar-refractivity contribution < 1.29 is 9.84 Å². The molecule has 0 aliphatic rings. The average molecular weight is 257 g/mol. The van der Waals surface area contributed by atoms with Crippen LogP contribution in [0.25, 0.3) is 10.4 Å². The van der Waals surface area contributed by atoms with Gasteiger partial charge in [-0.3, -0.25) is 0 Å². The van der Waals surface area contributed by atoms with Gasteiger partial charge in [-0.05, 0) is 23.0 Å². The molecule has 0 aromatic carbocycles. The fourth-order valence-corrected chi connectivity index (χ4v) is 2.05. The summed E-state index contributed by atoms with van der Waals surface area (Å²) in [7, 11) is 0. The van der Waals surface area contributed by atoms with Crippen LogP contribution in [0.3, 0.4) is 0 Å². The average Bonchev–Trinajstić information content (AvgIpc) is 2.80. The summed E-state index contributed by atoms with van der Waals surface area (Å²) in [5.74, 6) is 0.400. The Bertz CT molecular complexity index is 462. The quantitative estimate of drug-likeness (QED) is 0.853. The van der Waals surface area contributed by atoms with Crippen LogP contribution in [-0.4, -0.2) is 28.3 Å². The van der Waals surface area contributed by atoms with E-state index in [2.05, 4.69) is 9.97 Å². The minimum Gasteiger partial charge on any atom is -0.475 e. The summed E-state index contributed by atoms with van der Waals surface area (Å²) in [5.41, 5.74) is 0.785. The fraction of sp³-hybridized carbons (Fsp3) is 0.200. The van der Waals surface area contributed by atoms with Gasteiger partial charge < -0.3 is 9.84 Å². The van der Waals surface area contributed by atoms with Crippen LogP contribution in [0.4, 0.5) is 0 Å². The van der Waals surface area contributed by atoms with Gasteiger partial charge in [-0.1, -0.05) is 6.07 Å². The molecule has 0 bridgehead atoms. The molecule has 0 saturated heterocycles. The van der Waals surface area contributed by atoms with Gasteiger partial charge in [-0.25, -0.2) is 4.98 Å². The molecule has 6 heteroatoms. The third kappa shape index (κ3) is 2.49. The standard InChI is InChI=1S/C10H9ClN2O2S/c11-10-12-6-7(8-2-1-5-16-8)9(13-10)15-4-3-14/h1-2,5-6,14H,3-4H2. The molecule has 2 aromatic heterocycles. The van der Waals surface area contributed by atoms with E-state index < -0.39 is 0 Å². The van der Waals surface area contributed by atoms with Gasteiger partial charge in [0.25, 0.3) is 0 Å². The van der Waals surface area contributed by atoms with E-state index in [1.807, 2.05) is 17.5 Å². The molecule has 0 amide bonds. The Hall–Kier alpha value is -1.17. The van der Waals surface area contributed by atoms with E-state index in [1.54, 1.807) is 17.5 Å². The lowest BCUT2D eigenvalue weighted by molar-refractivity contribution is 0.197. The second kappa shape index (κ2) is 5.25. The zero-order valence-electron chi connectivity index (χ0n) is 8.26. The molecule has 0 aliphatic carbocycles. The fourth-order valence-electron chi connectivity index (χ4n) is 1.20. The molecule has 0 atom stereocenters. The lowest BCUT2D eigenvalue weighted by atomic mass is 10.3. The number of hydrogen-bond acceptors (Lipinski definition) is 5. The number of rotatable bonds is 4. The highest BCUT2D eigenvalue weighted by Crippen LogP contribution is 2.31. The molecule has 0 unspecified atom stereocenters. The lowest BCUT2D eigenvalue weighted by Gasteiger charge is -2.07. The molecule has 0 radical (unpaired) electrons. The summed E-state index contributed by atoms with van der Waals surface area (Å²) in [5, 5.41) is 10.8. The summed E-state index contributed by atoms with van der Waals surface area (Å²) >= 11 is 7.26. The number of thiophene rings is 1. The van der Waals surface area contributed by atoms with Gasteiger partial charge in [-0.15, -0.1) is 11.3 Å². The largest absolute Gasteiger partial charge is 0.475 e. The number of aliphatic hydroxyl groups is 1. The van der Waals surface area contributed by atoms with E-state index in [4.69, 9.17) is 21.4 Å². The van der Waals surface area contributed by atoms with Crippen molar-refractivity contribution in [1.29, 1.82) is 0 Å². The number of aliphatic hydroxyl groups excluding tert-OH is 1. The van der Waals surface area contributed by atoms with E-state index in [-0.39, 0.29) is 18.5 Å². The Morgan fingerprint density at radius 3 is 3.06 bits per heavy atom. The van der Waals surface area contributed by atoms with E-state index in [0.717, 1.165) is 10.4 Å². The molecule has 84 valence electrons. The van der Waals surface area contributed by atoms with Crippen LogP contribution in [0, 0.1) is 0 Å². The van der Waals surface area contributed by atoms with Crippen molar-refractivity contribution in [2.45, 2.75) is 0 Å². The summed E-state index contributed by atoms with van der Waals surface area (Å²) in [6.07, 6.45) is 1.62. The molecule has 4 nitrogen and oxygen atoms in total. The minimum absolute atomic E-state index is 0.0640. The van der Waals surface area contributed by atoms with Crippen molar-refractivity contribution in [3.05, 3.63) is 29.0 Å². The first kappa shape index (κ1) is 11.3. The monoisotopic (exact) mass is 256 g/mol. The Labute approximate surface area is 102 Å². The van der Waals surface area contributed by atoms with Crippen molar-refractivity contribution in [1.82, 2.24) is 9.97 Å². The van der Waals surface area contributed by atoms with Crippen LogP contribution in [0.2, 0.25) is 5.28 Å². The minimum atomic E-state index is -0.0640. The van der Waals surface area contributed by atoms with E-state index in [0.29, 0.717) is 5.88 Å². The summed E-state index contributed by atoms with van der Waals surface area (Å²) in [4.78, 5) is 8.92. The van der Waals surface area contributed by atoms with Crippen LogP contribution in [0.5, 0.6) is 5.88 Å². The first-order valence-corrected chi connectivity index (χ1v) is 5.87. The predicted molar refractivity (Wildman–Crippen MR) is 62.9 cm³/mol. The highest BCUT2D eigenvalue weighted by molar-refractivity contribution is 7.13. The van der Waals surface area contributed by atoms with Crippen LogP contribution in [-0.2, 0) is 0 Å². The number of aromatic nitrogens is 2. The third-order valence-electron chi connectivity index (χ3n) is 1.84. The first-order valence-electron chi connectivity index (χ1n) is 4.61. The van der Waals surface area contributed by atoms with E-state index >= 15 is 0 Å². The molecule has 0 fully saturated rings. The number of hydrogen-bond donors (Lipinski definition) is 1. The van der Waals surface area contributed by atoms with Crippen LogP contribution >= 0.6 is 22.9 Å². The number of ether oxygens (including phenoxy) is 1. The van der Waals surface area contributed by atoms with Gasteiger partial charge >= 0.3 is 0 Å². The zero-order valence-corrected chi connectivity index (χ0v) is 9.83.